The summed E-state index contributed by atoms with van der Waals surface area (Å²) >= 11 is 0. The summed E-state index contributed by atoms with van der Waals surface area (Å²) in [6.07, 6.45) is 2.15. The molecule has 2 atom stereocenters. The lowest BCUT2D eigenvalue weighted by Gasteiger charge is -2.40. The third kappa shape index (κ3) is 1.84. The summed E-state index contributed by atoms with van der Waals surface area (Å²) in [4.78, 5) is 11.5. The van der Waals surface area contributed by atoms with Crippen molar-refractivity contribution in [1.29, 1.82) is 0 Å². The Balaban J connectivity index is 2.44. The van der Waals surface area contributed by atoms with E-state index in [1.807, 2.05) is 20.8 Å². The number of hydrogen-bond donors (Lipinski definition) is 1. The van der Waals surface area contributed by atoms with E-state index in [9.17, 15) is 9.90 Å². The molecule has 2 rings (SSSR count). The first kappa shape index (κ1) is 12.4. The van der Waals surface area contributed by atoms with Crippen molar-refractivity contribution in [3.8, 4) is 0 Å². The molecule has 0 spiro atoms. The van der Waals surface area contributed by atoms with Crippen LogP contribution in [0.15, 0.2) is 22.3 Å². The molecule has 0 radical (unpaired) electrons. The molecule has 1 saturated carbocycles. The summed E-state index contributed by atoms with van der Waals surface area (Å²) in [7, 11) is 0. The van der Waals surface area contributed by atoms with E-state index in [0.29, 0.717) is 17.4 Å². The van der Waals surface area contributed by atoms with Crippen molar-refractivity contribution in [3.63, 3.8) is 0 Å². The van der Waals surface area contributed by atoms with E-state index in [4.69, 9.17) is 0 Å². The molecule has 2 unspecified atom stereocenters. The first-order valence-corrected chi connectivity index (χ1v) is 6.36. The molecule has 2 aliphatic carbocycles. The van der Waals surface area contributed by atoms with Crippen molar-refractivity contribution in [2.75, 3.05) is 0 Å². The Morgan fingerprint density at radius 3 is 2.24 bits per heavy atom. The molecule has 17 heavy (non-hydrogen) atoms. The minimum Gasteiger partial charge on any atom is -0.478 e. The van der Waals surface area contributed by atoms with Gasteiger partial charge in [-0.3, -0.25) is 0 Å². The Morgan fingerprint density at radius 2 is 1.82 bits per heavy atom. The smallest absolute Gasteiger partial charge is 0.332 e. The fraction of sp³-hybridized carbons (Fsp3) is 0.667. The normalized spacial score (nSPS) is 31.1. The fourth-order valence-electron chi connectivity index (χ4n) is 3.47. The summed E-state index contributed by atoms with van der Waals surface area (Å²) in [5.74, 6) is 0.380. The summed E-state index contributed by atoms with van der Waals surface area (Å²) in [5.41, 5.74) is 4.45. The van der Waals surface area contributed by atoms with Crippen LogP contribution in [0.3, 0.4) is 0 Å². The van der Waals surface area contributed by atoms with Crippen LogP contribution >= 0.6 is 0 Å². The van der Waals surface area contributed by atoms with Gasteiger partial charge in [-0.25, -0.2) is 4.79 Å². The van der Waals surface area contributed by atoms with Gasteiger partial charge >= 0.3 is 5.97 Å². The zero-order valence-corrected chi connectivity index (χ0v) is 11.4. The average molecular weight is 234 g/mol. The number of hydrogen-bond acceptors (Lipinski definition) is 1. The van der Waals surface area contributed by atoms with Crippen LogP contribution in [0.2, 0.25) is 0 Å². The molecule has 0 aromatic carbocycles. The number of rotatable bonds is 1. The average Bonchev–Trinajstić information content (AvgIpc) is 2.31. The van der Waals surface area contributed by atoms with Gasteiger partial charge in [-0.2, -0.15) is 0 Å². The minimum absolute atomic E-state index is 0.261. The number of fused-ring (bicyclic) bond motifs is 1. The van der Waals surface area contributed by atoms with Crippen LogP contribution in [0, 0.1) is 17.3 Å². The first-order chi connectivity index (χ1) is 7.73. The highest BCUT2D eigenvalue weighted by atomic mass is 16.4. The molecule has 1 fully saturated rings. The predicted octanol–water partition coefficient (Wildman–Crippen LogP) is 3.79. The maximum absolute atomic E-state index is 11.5. The number of allylic oxidation sites excluding steroid dienone is 3. The molecule has 2 heteroatoms. The zero-order chi connectivity index (χ0) is 13.0. The quantitative estimate of drug-likeness (QED) is 0.553. The van der Waals surface area contributed by atoms with E-state index < -0.39 is 5.97 Å². The third-order valence-electron chi connectivity index (χ3n) is 4.32. The SMILES string of the molecule is CC1=C(C)C2C(=C(C(=O)O)C(C)(C)C)CC2C1. The van der Waals surface area contributed by atoms with Gasteiger partial charge in [0.1, 0.15) is 0 Å². The van der Waals surface area contributed by atoms with E-state index in [0.717, 1.165) is 12.8 Å². The van der Waals surface area contributed by atoms with Crippen molar-refractivity contribution in [2.24, 2.45) is 17.3 Å². The second-order valence-electron chi connectivity index (χ2n) is 6.56. The highest BCUT2D eigenvalue weighted by Gasteiger charge is 2.45. The van der Waals surface area contributed by atoms with E-state index in [1.165, 1.54) is 16.7 Å². The van der Waals surface area contributed by atoms with Gasteiger partial charge in [-0.15, -0.1) is 0 Å². The lowest BCUT2D eigenvalue weighted by molar-refractivity contribution is -0.133. The molecule has 0 aromatic rings. The molecule has 1 N–H and O–H groups in total. The van der Waals surface area contributed by atoms with Crippen LogP contribution in [-0.2, 0) is 4.79 Å². The largest absolute Gasteiger partial charge is 0.478 e. The van der Waals surface area contributed by atoms with Gasteiger partial charge in [0, 0.05) is 11.5 Å². The van der Waals surface area contributed by atoms with Gasteiger partial charge in [0.15, 0.2) is 0 Å². The molecular weight excluding hydrogens is 212 g/mol. The van der Waals surface area contributed by atoms with E-state index >= 15 is 0 Å². The summed E-state index contributed by atoms with van der Waals surface area (Å²) in [6, 6.07) is 0. The molecule has 0 bridgehead atoms. The standard InChI is InChI=1S/C15H22O2/c1-8-6-10-7-11(12(10)9(8)2)13(14(16)17)15(3,4)5/h10,12H,6-7H2,1-5H3,(H,16,17). The van der Waals surface area contributed by atoms with E-state index in [1.54, 1.807) is 0 Å². The van der Waals surface area contributed by atoms with Crippen molar-refractivity contribution in [3.05, 3.63) is 22.3 Å². The summed E-state index contributed by atoms with van der Waals surface area (Å²) < 4.78 is 0. The molecule has 0 heterocycles. The Bertz CT molecular complexity index is 432. The summed E-state index contributed by atoms with van der Waals surface area (Å²) in [6.45, 7) is 10.3. The van der Waals surface area contributed by atoms with Gasteiger partial charge in [0.2, 0.25) is 0 Å². The number of carboxylic acid groups (broad SMARTS) is 1. The van der Waals surface area contributed by atoms with Crippen LogP contribution in [0.25, 0.3) is 0 Å². The highest BCUT2D eigenvalue weighted by Crippen LogP contribution is 2.56. The number of aliphatic carboxylic acids is 1. The van der Waals surface area contributed by atoms with Crippen LogP contribution in [-0.4, -0.2) is 11.1 Å². The second kappa shape index (κ2) is 3.72. The van der Waals surface area contributed by atoms with Crippen LogP contribution in [0.5, 0.6) is 0 Å². The Hall–Kier alpha value is -1.05. The molecule has 2 aliphatic rings. The Kier molecular flexibility index (Phi) is 2.72. The Labute approximate surface area is 103 Å². The molecule has 0 saturated heterocycles. The first-order valence-electron chi connectivity index (χ1n) is 6.36. The zero-order valence-electron chi connectivity index (χ0n) is 11.4. The highest BCUT2D eigenvalue weighted by molar-refractivity contribution is 5.89. The van der Waals surface area contributed by atoms with Gasteiger partial charge in [-0.1, -0.05) is 37.5 Å². The van der Waals surface area contributed by atoms with E-state index in [-0.39, 0.29) is 5.41 Å². The Morgan fingerprint density at radius 1 is 1.24 bits per heavy atom. The van der Waals surface area contributed by atoms with Gasteiger partial charge in [0.05, 0.1) is 0 Å². The van der Waals surface area contributed by atoms with Crippen molar-refractivity contribution >= 4 is 5.97 Å². The molecule has 2 nitrogen and oxygen atoms in total. The molecule has 0 amide bonds. The lowest BCUT2D eigenvalue weighted by Crippen LogP contribution is -2.32. The van der Waals surface area contributed by atoms with Crippen molar-refractivity contribution in [2.45, 2.75) is 47.5 Å². The molecule has 0 aromatic heterocycles. The maximum atomic E-state index is 11.5. The van der Waals surface area contributed by atoms with Crippen LogP contribution < -0.4 is 0 Å². The lowest BCUT2D eigenvalue weighted by atomic mass is 9.64. The predicted molar refractivity (Wildman–Crippen MR) is 68.7 cm³/mol. The molecule has 94 valence electrons. The second-order valence-corrected chi connectivity index (χ2v) is 6.56. The minimum atomic E-state index is -0.733. The van der Waals surface area contributed by atoms with Crippen LogP contribution in [0.4, 0.5) is 0 Å². The number of carbonyl (C=O) groups is 1. The maximum Gasteiger partial charge on any atom is 0.332 e. The van der Waals surface area contributed by atoms with Crippen molar-refractivity contribution < 1.29 is 9.90 Å². The van der Waals surface area contributed by atoms with Crippen molar-refractivity contribution in [1.82, 2.24) is 0 Å². The third-order valence-corrected chi connectivity index (χ3v) is 4.32. The summed E-state index contributed by atoms with van der Waals surface area (Å²) in [5, 5.41) is 9.44. The van der Waals surface area contributed by atoms with Gasteiger partial charge < -0.3 is 5.11 Å². The fourth-order valence-corrected chi connectivity index (χ4v) is 3.47. The molecule has 0 aliphatic heterocycles. The molecular formula is C15H22O2. The number of carboxylic acids is 1. The topological polar surface area (TPSA) is 37.3 Å². The van der Waals surface area contributed by atoms with E-state index in [2.05, 4.69) is 13.8 Å². The monoisotopic (exact) mass is 234 g/mol. The van der Waals surface area contributed by atoms with Crippen LogP contribution in [0.1, 0.15) is 47.5 Å². The van der Waals surface area contributed by atoms with Gasteiger partial charge in [0.25, 0.3) is 0 Å². The van der Waals surface area contributed by atoms with Gasteiger partial charge in [-0.05, 0) is 38.0 Å².